The first-order valence-electron chi connectivity index (χ1n) is 8.97. The van der Waals surface area contributed by atoms with Crippen LogP contribution in [0.4, 0.5) is 0 Å². The van der Waals surface area contributed by atoms with Gasteiger partial charge in [0.1, 0.15) is 11.9 Å². The number of primary amides is 1. The molecular weight excluding hydrogens is 348 g/mol. The van der Waals surface area contributed by atoms with Gasteiger partial charge in [0.2, 0.25) is 5.91 Å². The number of hydrogen-bond donors (Lipinski definition) is 1. The normalized spacial score (nSPS) is 21.8. The van der Waals surface area contributed by atoms with E-state index in [0.29, 0.717) is 13.2 Å². The zero-order valence-electron chi connectivity index (χ0n) is 16.3. The Morgan fingerprint density at radius 3 is 2.56 bits per heavy atom. The molecule has 2 rings (SSSR count). The monoisotopic (exact) mass is 376 g/mol. The standard InChI is InChI=1S/C20H28N2O5/c1-5-11-22(12-10-16(21)23)18(24)17-20(2,3)13-26-19(27-17)14-6-8-15(25-4)9-7-14/h6-10,12,17,19H,5,11,13H2,1-4H3,(H2,21,23)/b12-10-. The van der Waals surface area contributed by atoms with E-state index in [0.717, 1.165) is 17.7 Å². The maximum Gasteiger partial charge on any atom is 0.256 e. The largest absolute Gasteiger partial charge is 0.497 e. The molecule has 1 saturated heterocycles. The lowest BCUT2D eigenvalue weighted by Gasteiger charge is -2.42. The van der Waals surface area contributed by atoms with E-state index in [1.807, 2.05) is 45.0 Å². The minimum Gasteiger partial charge on any atom is -0.497 e. The summed E-state index contributed by atoms with van der Waals surface area (Å²) >= 11 is 0. The molecule has 2 amide bonds. The van der Waals surface area contributed by atoms with Gasteiger partial charge in [-0.1, -0.05) is 32.9 Å². The van der Waals surface area contributed by atoms with E-state index in [1.165, 1.54) is 17.2 Å². The minimum atomic E-state index is -0.720. The topological polar surface area (TPSA) is 91.1 Å². The van der Waals surface area contributed by atoms with Crippen LogP contribution in [0.2, 0.25) is 0 Å². The van der Waals surface area contributed by atoms with Gasteiger partial charge in [0, 0.05) is 29.8 Å². The van der Waals surface area contributed by atoms with Crippen molar-refractivity contribution in [3.63, 3.8) is 0 Å². The summed E-state index contributed by atoms with van der Waals surface area (Å²) in [6.45, 7) is 6.62. The second-order valence-corrected chi connectivity index (χ2v) is 7.17. The summed E-state index contributed by atoms with van der Waals surface area (Å²) in [5.41, 5.74) is 5.45. The highest BCUT2D eigenvalue weighted by molar-refractivity contribution is 5.88. The molecule has 2 N–H and O–H groups in total. The van der Waals surface area contributed by atoms with E-state index in [4.69, 9.17) is 19.9 Å². The maximum atomic E-state index is 13.1. The van der Waals surface area contributed by atoms with Crippen LogP contribution in [-0.2, 0) is 19.1 Å². The summed E-state index contributed by atoms with van der Waals surface area (Å²) in [4.78, 5) is 25.7. The van der Waals surface area contributed by atoms with Gasteiger partial charge >= 0.3 is 0 Å². The van der Waals surface area contributed by atoms with E-state index in [1.54, 1.807) is 7.11 Å². The van der Waals surface area contributed by atoms with Crippen LogP contribution < -0.4 is 10.5 Å². The highest BCUT2D eigenvalue weighted by Gasteiger charge is 2.44. The third kappa shape index (κ3) is 5.30. The first-order valence-corrected chi connectivity index (χ1v) is 8.97. The Morgan fingerprint density at radius 2 is 2.00 bits per heavy atom. The number of nitrogens with two attached hydrogens (primary N) is 1. The Kier molecular flexibility index (Phi) is 6.98. The lowest BCUT2D eigenvalue weighted by atomic mass is 9.85. The van der Waals surface area contributed by atoms with Gasteiger partial charge in [0.05, 0.1) is 13.7 Å². The maximum absolute atomic E-state index is 13.1. The number of rotatable bonds is 7. The number of methoxy groups -OCH3 is 1. The molecule has 1 heterocycles. The van der Waals surface area contributed by atoms with Crippen molar-refractivity contribution in [2.24, 2.45) is 11.1 Å². The molecule has 1 aliphatic rings. The van der Waals surface area contributed by atoms with Crippen molar-refractivity contribution in [1.29, 1.82) is 0 Å². The van der Waals surface area contributed by atoms with E-state index in [-0.39, 0.29) is 5.91 Å². The van der Waals surface area contributed by atoms with Gasteiger partial charge in [-0.15, -0.1) is 0 Å². The lowest BCUT2D eigenvalue weighted by molar-refractivity contribution is -0.260. The molecule has 2 unspecified atom stereocenters. The van der Waals surface area contributed by atoms with Crippen molar-refractivity contribution in [2.45, 2.75) is 39.6 Å². The zero-order valence-corrected chi connectivity index (χ0v) is 16.3. The number of hydrogen-bond acceptors (Lipinski definition) is 5. The number of carbonyl (C=O) groups is 2. The first-order chi connectivity index (χ1) is 12.8. The summed E-state index contributed by atoms with van der Waals surface area (Å²) in [5.74, 6) is -0.0958. The Bertz CT molecular complexity index is 684. The highest BCUT2D eigenvalue weighted by Crippen LogP contribution is 2.37. The van der Waals surface area contributed by atoms with Crippen LogP contribution in [0.5, 0.6) is 5.75 Å². The Balaban J connectivity index is 2.22. The summed E-state index contributed by atoms with van der Waals surface area (Å²) in [6.07, 6.45) is 1.97. The molecule has 27 heavy (non-hydrogen) atoms. The minimum absolute atomic E-state index is 0.221. The molecule has 0 radical (unpaired) electrons. The number of benzene rings is 1. The predicted molar refractivity (Wildman–Crippen MR) is 101 cm³/mol. The Labute approximate surface area is 160 Å². The van der Waals surface area contributed by atoms with Crippen molar-refractivity contribution >= 4 is 11.8 Å². The van der Waals surface area contributed by atoms with Crippen LogP contribution >= 0.6 is 0 Å². The van der Waals surface area contributed by atoms with Gasteiger partial charge in [-0.05, 0) is 18.6 Å². The van der Waals surface area contributed by atoms with Crippen LogP contribution in [-0.4, -0.2) is 43.1 Å². The van der Waals surface area contributed by atoms with Crippen molar-refractivity contribution < 1.29 is 23.8 Å². The van der Waals surface area contributed by atoms with Crippen molar-refractivity contribution in [3.8, 4) is 5.75 Å². The average Bonchev–Trinajstić information content (AvgIpc) is 2.64. The van der Waals surface area contributed by atoms with Crippen molar-refractivity contribution in [1.82, 2.24) is 4.90 Å². The fourth-order valence-corrected chi connectivity index (χ4v) is 2.85. The highest BCUT2D eigenvalue weighted by atomic mass is 16.7. The van der Waals surface area contributed by atoms with Crippen LogP contribution in [0.15, 0.2) is 36.5 Å². The molecule has 2 atom stereocenters. The summed E-state index contributed by atoms with van der Waals surface area (Å²) in [5, 5.41) is 0. The summed E-state index contributed by atoms with van der Waals surface area (Å²) in [6, 6.07) is 7.33. The van der Waals surface area contributed by atoms with E-state index < -0.39 is 23.7 Å². The molecule has 1 aliphatic heterocycles. The number of nitrogens with zero attached hydrogens (tertiary/aromatic N) is 1. The van der Waals surface area contributed by atoms with Crippen LogP contribution in [0.3, 0.4) is 0 Å². The van der Waals surface area contributed by atoms with Gasteiger partial charge in [-0.3, -0.25) is 9.59 Å². The molecule has 0 bridgehead atoms. The third-order valence-electron chi connectivity index (χ3n) is 4.35. The number of carbonyl (C=O) groups excluding carboxylic acids is 2. The van der Waals surface area contributed by atoms with Crippen molar-refractivity contribution in [3.05, 3.63) is 42.1 Å². The van der Waals surface area contributed by atoms with Gasteiger partial charge in [0.15, 0.2) is 6.29 Å². The molecule has 0 aliphatic carbocycles. The van der Waals surface area contributed by atoms with E-state index >= 15 is 0 Å². The molecule has 0 spiro atoms. The molecule has 7 nitrogen and oxygen atoms in total. The molecule has 1 aromatic rings. The summed E-state index contributed by atoms with van der Waals surface area (Å²) in [7, 11) is 1.60. The predicted octanol–water partition coefficient (Wildman–Crippen LogP) is 2.37. The summed E-state index contributed by atoms with van der Waals surface area (Å²) < 4.78 is 17.1. The smallest absolute Gasteiger partial charge is 0.256 e. The van der Waals surface area contributed by atoms with Gasteiger partial charge in [-0.2, -0.15) is 0 Å². The SMILES string of the molecule is CCCN(/C=C\C(N)=O)C(=O)C1OC(c2ccc(OC)cc2)OCC1(C)C. The van der Waals surface area contributed by atoms with Crippen LogP contribution in [0, 0.1) is 5.41 Å². The molecule has 0 aromatic heterocycles. The lowest BCUT2D eigenvalue weighted by Crippen LogP contribution is -2.51. The first kappa shape index (κ1) is 20.9. The molecule has 7 heteroatoms. The van der Waals surface area contributed by atoms with Gasteiger partial charge < -0.3 is 24.8 Å². The van der Waals surface area contributed by atoms with Crippen LogP contribution in [0.1, 0.15) is 39.0 Å². The van der Waals surface area contributed by atoms with E-state index in [2.05, 4.69) is 0 Å². The number of ether oxygens (including phenoxy) is 3. The van der Waals surface area contributed by atoms with E-state index in [9.17, 15) is 9.59 Å². The molecular formula is C20H28N2O5. The second kappa shape index (κ2) is 9.01. The molecule has 1 fully saturated rings. The molecule has 1 aromatic carbocycles. The molecule has 148 valence electrons. The van der Waals surface area contributed by atoms with Crippen molar-refractivity contribution in [2.75, 3.05) is 20.3 Å². The quantitative estimate of drug-likeness (QED) is 0.738. The number of amides is 2. The van der Waals surface area contributed by atoms with Crippen LogP contribution in [0.25, 0.3) is 0 Å². The van der Waals surface area contributed by atoms with Gasteiger partial charge in [0.25, 0.3) is 5.91 Å². The zero-order chi connectivity index (χ0) is 20.0. The Morgan fingerprint density at radius 1 is 1.33 bits per heavy atom. The second-order valence-electron chi connectivity index (χ2n) is 7.17. The average molecular weight is 376 g/mol. The molecule has 0 saturated carbocycles. The fourth-order valence-electron chi connectivity index (χ4n) is 2.85. The van der Waals surface area contributed by atoms with Gasteiger partial charge in [-0.25, -0.2) is 0 Å². The Hall–Kier alpha value is -2.38. The third-order valence-corrected chi connectivity index (χ3v) is 4.35. The fraction of sp³-hybridized carbons (Fsp3) is 0.500.